The van der Waals surface area contributed by atoms with E-state index < -0.39 is 12.7 Å². The fourth-order valence-corrected chi connectivity index (χ4v) is 1.19. The molecular weight excluding hydrogens is 207 g/mol. The van der Waals surface area contributed by atoms with Crippen LogP contribution in [0.5, 0.6) is 5.75 Å². The van der Waals surface area contributed by atoms with Gasteiger partial charge >= 0.3 is 6.18 Å². The number of hydrogen-bond acceptors (Lipinski definition) is 2. The van der Waals surface area contributed by atoms with Gasteiger partial charge in [0.15, 0.2) is 0 Å². The lowest BCUT2D eigenvalue weighted by atomic mass is 10.2. The van der Waals surface area contributed by atoms with Gasteiger partial charge in [0.25, 0.3) is 0 Å². The highest BCUT2D eigenvalue weighted by Gasteiger charge is 2.26. The maximum atomic E-state index is 11.9. The van der Waals surface area contributed by atoms with Gasteiger partial charge in [0, 0.05) is 5.69 Å². The normalized spacial score (nSPS) is 11.3. The number of aryl methyl sites for hydroxylation is 1. The number of rotatable bonds is 3. The van der Waals surface area contributed by atoms with Gasteiger partial charge in [0.05, 0.1) is 7.11 Å². The minimum Gasteiger partial charge on any atom is -0.496 e. The molecule has 0 aliphatic heterocycles. The monoisotopic (exact) mass is 219 g/mol. The van der Waals surface area contributed by atoms with Crippen LogP contribution in [0.2, 0.25) is 0 Å². The van der Waals surface area contributed by atoms with Crippen molar-refractivity contribution in [3.63, 3.8) is 0 Å². The van der Waals surface area contributed by atoms with E-state index in [0.717, 1.165) is 5.56 Å². The average molecular weight is 219 g/mol. The van der Waals surface area contributed by atoms with E-state index in [2.05, 4.69) is 5.32 Å². The van der Waals surface area contributed by atoms with Crippen molar-refractivity contribution >= 4 is 5.69 Å². The summed E-state index contributed by atoms with van der Waals surface area (Å²) in [6, 6.07) is 4.80. The first kappa shape index (κ1) is 11.7. The second-order valence-electron chi connectivity index (χ2n) is 3.15. The van der Waals surface area contributed by atoms with Crippen molar-refractivity contribution in [3.8, 4) is 5.75 Å². The van der Waals surface area contributed by atoms with Crippen molar-refractivity contribution in [1.29, 1.82) is 0 Å². The molecule has 1 aromatic carbocycles. The second-order valence-corrected chi connectivity index (χ2v) is 3.15. The van der Waals surface area contributed by atoms with Gasteiger partial charge < -0.3 is 10.1 Å². The average Bonchev–Trinajstić information content (AvgIpc) is 2.14. The molecule has 0 unspecified atom stereocenters. The van der Waals surface area contributed by atoms with E-state index in [0.29, 0.717) is 11.4 Å². The zero-order chi connectivity index (χ0) is 11.5. The van der Waals surface area contributed by atoms with Gasteiger partial charge in [-0.3, -0.25) is 0 Å². The molecule has 1 N–H and O–H groups in total. The second kappa shape index (κ2) is 4.42. The highest BCUT2D eigenvalue weighted by atomic mass is 19.4. The van der Waals surface area contributed by atoms with Gasteiger partial charge in [-0.05, 0) is 30.7 Å². The topological polar surface area (TPSA) is 21.3 Å². The Labute approximate surface area is 86.1 Å². The van der Waals surface area contributed by atoms with Crippen LogP contribution in [0.4, 0.5) is 18.9 Å². The van der Waals surface area contributed by atoms with E-state index in [1.165, 1.54) is 7.11 Å². The molecule has 0 bridgehead atoms. The molecular formula is C10H12F3NO. The number of halogens is 3. The molecule has 5 heteroatoms. The molecule has 0 saturated carbocycles. The third-order valence-electron chi connectivity index (χ3n) is 1.89. The van der Waals surface area contributed by atoms with E-state index in [-0.39, 0.29) is 0 Å². The quantitative estimate of drug-likeness (QED) is 0.843. The Morgan fingerprint density at radius 1 is 1.33 bits per heavy atom. The first-order valence-corrected chi connectivity index (χ1v) is 4.37. The number of methoxy groups -OCH3 is 1. The highest BCUT2D eigenvalue weighted by Crippen LogP contribution is 2.22. The molecule has 84 valence electrons. The van der Waals surface area contributed by atoms with Crippen LogP contribution in [-0.2, 0) is 0 Å². The van der Waals surface area contributed by atoms with Gasteiger partial charge in [0.2, 0.25) is 0 Å². The Balaban J connectivity index is 2.68. The Morgan fingerprint density at radius 2 is 2.00 bits per heavy atom. The van der Waals surface area contributed by atoms with E-state index >= 15 is 0 Å². The number of ether oxygens (including phenoxy) is 1. The third kappa shape index (κ3) is 3.69. The van der Waals surface area contributed by atoms with Crippen molar-refractivity contribution in [3.05, 3.63) is 23.8 Å². The summed E-state index contributed by atoms with van der Waals surface area (Å²) in [6.45, 7) is 0.746. The Kier molecular flexibility index (Phi) is 3.44. The Bertz CT molecular complexity index is 336. The van der Waals surface area contributed by atoms with E-state index in [1.807, 2.05) is 0 Å². The number of anilines is 1. The van der Waals surface area contributed by atoms with Gasteiger partial charge in [-0.15, -0.1) is 0 Å². The fourth-order valence-electron chi connectivity index (χ4n) is 1.19. The fraction of sp³-hybridized carbons (Fsp3) is 0.400. The summed E-state index contributed by atoms with van der Waals surface area (Å²) in [5.74, 6) is 0.660. The van der Waals surface area contributed by atoms with Crippen LogP contribution in [0.25, 0.3) is 0 Å². The Hall–Kier alpha value is -1.39. The lowest BCUT2D eigenvalue weighted by molar-refractivity contribution is -0.115. The van der Waals surface area contributed by atoms with Crippen molar-refractivity contribution in [2.45, 2.75) is 13.1 Å². The van der Waals surface area contributed by atoms with E-state index in [1.54, 1.807) is 25.1 Å². The van der Waals surface area contributed by atoms with Crippen molar-refractivity contribution in [2.24, 2.45) is 0 Å². The summed E-state index contributed by atoms with van der Waals surface area (Å²) in [4.78, 5) is 0. The van der Waals surface area contributed by atoms with Gasteiger partial charge in [-0.2, -0.15) is 13.2 Å². The molecule has 0 saturated heterocycles. The summed E-state index contributed by atoms with van der Waals surface area (Å²) in [6.07, 6.45) is -4.20. The van der Waals surface area contributed by atoms with Crippen LogP contribution in [0.15, 0.2) is 18.2 Å². The Morgan fingerprint density at radius 3 is 2.47 bits per heavy atom. The van der Waals surface area contributed by atoms with E-state index in [4.69, 9.17) is 4.74 Å². The van der Waals surface area contributed by atoms with Gasteiger partial charge in [-0.1, -0.05) is 0 Å². The van der Waals surface area contributed by atoms with Gasteiger partial charge in [0.1, 0.15) is 12.3 Å². The summed E-state index contributed by atoms with van der Waals surface area (Å²) < 4.78 is 40.7. The molecule has 1 rings (SSSR count). The number of benzene rings is 1. The molecule has 0 atom stereocenters. The summed E-state index contributed by atoms with van der Waals surface area (Å²) in [7, 11) is 1.52. The highest BCUT2D eigenvalue weighted by molar-refractivity contribution is 5.50. The molecule has 15 heavy (non-hydrogen) atoms. The predicted molar refractivity (Wildman–Crippen MR) is 52.3 cm³/mol. The van der Waals surface area contributed by atoms with E-state index in [9.17, 15) is 13.2 Å². The van der Waals surface area contributed by atoms with Crippen molar-refractivity contribution in [1.82, 2.24) is 0 Å². The molecule has 0 aliphatic rings. The first-order chi connectivity index (χ1) is 6.92. The predicted octanol–water partition coefficient (Wildman–Crippen LogP) is 2.98. The molecule has 0 amide bonds. The maximum Gasteiger partial charge on any atom is 0.405 e. The minimum absolute atomic E-state index is 0.436. The zero-order valence-electron chi connectivity index (χ0n) is 8.48. The molecule has 0 aromatic heterocycles. The van der Waals surface area contributed by atoms with Crippen molar-refractivity contribution < 1.29 is 17.9 Å². The largest absolute Gasteiger partial charge is 0.496 e. The third-order valence-corrected chi connectivity index (χ3v) is 1.89. The zero-order valence-corrected chi connectivity index (χ0v) is 8.48. The smallest absolute Gasteiger partial charge is 0.405 e. The maximum absolute atomic E-state index is 11.9. The van der Waals surface area contributed by atoms with Crippen LogP contribution in [0, 0.1) is 6.92 Å². The molecule has 0 spiro atoms. The van der Waals surface area contributed by atoms with Crippen molar-refractivity contribution in [2.75, 3.05) is 19.0 Å². The van der Waals surface area contributed by atoms with Crippen LogP contribution in [0.1, 0.15) is 5.56 Å². The summed E-state index contributed by atoms with van der Waals surface area (Å²) in [5.41, 5.74) is 1.23. The lowest BCUT2D eigenvalue weighted by Crippen LogP contribution is -2.21. The minimum atomic E-state index is -4.20. The van der Waals surface area contributed by atoms with Crippen LogP contribution in [0.3, 0.4) is 0 Å². The lowest BCUT2D eigenvalue weighted by Gasteiger charge is -2.11. The molecule has 0 aliphatic carbocycles. The van der Waals surface area contributed by atoms with Gasteiger partial charge in [-0.25, -0.2) is 0 Å². The number of hydrogen-bond donors (Lipinski definition) is 1. The SMILES string of the molecule is COc1ccc(NCC(F)(F)F)cc1C. The standard InChI is InChI=1S/C10H12F3NO/c1-7-5-8(3-4-9(7)15-2)14-6-10(11,12)13/h3-5,14H,6H2,1-2H3. The molecule has 0 fully saturated rings. The van der Waals surface area contributed by atoms with Crippen LogP contribution in [-0.4, -0.2) is 19.8 Å². The molecule has 0 heterocycles. The van der Waals surface area contributed by atoms with Crippen LogP contribution >= 0.6 is 0 Å². The summed E-state index contributed by atoms with van der Waals surface area (Å²) in [5, 5.41) is 2.30. The van der Waals surface area contributed by atoms with Crippen LogP contribution < -0.4 is 10.1 Å². The summed E-state index contributed by atoms with van der Waals surface area (Å²) >= 11 is 0. The number of alkyl halides is 3. The number of nitrogens with one attached hydrogen (secondary N) is 1. The molecule has 1 aromatic rings. The first-order valence-electron chi connectivity index (χ1n) is 4.37. The molecule has 2 nitrogen and oxygen atoms in total. The molecule has 0 radical (unpaired) electrons.